The van der Waals surface area contributed by atoms with Gasteiger partial charge < -0.3 is 38.0 Å². The number of ether oxygens (including phenoxy) is 6. The molecule has 2 aliphatic rings. The second kappa shape index (κ2) is 11.1. The molecule has 198 valence electrons. The van der Waals surface area contributed by atoms with Gasteiger partial charge in [0.05, 0.1) is 24.9 Å². The van der Waals surface area contributed by atoms with E-state index in [-0.39, 0.29) is 50.5 Å². The largest absolute Gasteiger partial charge is 0.456 e. The van der Waals surface area contributed by atoms with Crippen molar-refractivity contribution in [3.63, 3.8) is 0 Å². The van der Waals surface area contributed by atoms with Gasteiger partial charge in [-0.15, -0.1) is 0 Å². The van der Waals surface area contributed by atoms with E-state index in [2.05, 4.69) is 0 Å². The van der Waals surface area contributed by atoms with Crippen molar-refractivity contribution in [1.29, 1.82) is 0 Å². The van der Waals surface area contributed by atoms with Crippen molar-refractivity contribution < 1.29 is 52.4 Å². The highest BCUT2D eigenvalue weighted by molar-refractivity contribution is 5.82. The van der Waals surface area contributed by atoms with E-state index >= 15 is 0 Å². The molecule has 0 aromatic rings. The second-order valence-electron chi connectivity index (χ2n) is 10.4. The lowest BCUT2D eigenvalue weighted by Crippen LogP contribution is -2.66. The summed E-state index contributed by atoms with van der Waals surface area (Å²) in [5, 5.41) is 0. The Kier molecular flexibility index (Phi) is 9.18. The highest BCUT2D eigenvalue weighted by Crippen LogP contribution is 2.42. The Bertz CT molecular complexity index is 841. The SMILES string of the molecule is CC(=O)CCC(=O)O[C@@H]1CO[C@]2(COC(C)(C)O2)[C@@H](OC(=O)CCC(C)=O)[C@@H]1OC(=O)C(C)(C)C. The fourth-order valence-corrected chi connectivity index (χ4v) is 3.49. The van der Waals surface area contributed by atoms with E-state index in [0.717, 1.165) is 0 Å². The van der Waals surface area contributed by atoms with E-state index in [1.54, 1.807) is 34.6 Å². The summed E-state index contributed by atoms with van der Waals surface area (Å²) in [6.45, 7) is 10.5. The average Bonchev–Trinajstić information content (AvgIpc) is 3.04. The Morgan fingerprint density at radius 2 is 1.37 bits per heavy atom. The summed E-state index contributed by atoms with van der Waals surface area (Å²) in [6, 6.07) is 0. The molecule has 0 unspecified atom stereocenters. The molecule has 2 aliphatic heterocycles. The molecule has 0 bridgehead atoms. The smallest absolute Gasteiger partial charge is 0.311 e. The number of esters is 3. The van der Waals surface area contributed by atoms with Crippen molar-refractivity contribution in [3.05, 3.63) is 0 Å². The first-order valence-electron chi connectivity index (χ1n) is 11.6. The van der Waals surface area contributed by atoms with E-state index in [1.165, 1.54) is 13.8 Å². The predicted octanol–water partition coefficient (Wildman–Crippen LogP) is 2.02. The van der Waals surface area contributed by atoms with Crippen molar-refractivity contribution in [2.45, 2.75) is 104 Å². The van der Waals surface area contributed by atoms with Gasteiger partial charge in [0.25, 0.3) is 0 Å². The maximum Gasteiger partial charge on any atom is 0.311 e. The lowest BCUT2D eigenvalue weighted by Gasteiger charge is -2.46. The molecule has 2 saturated heterocycles. The normalized spacial score (nSPS) is 27.8. The van der Waals surface area contributed by atoms with Crippen LogP contribution in [-0.4, -0.2) is 72.6 Å². The first-order valence-corrected chi connectivity index (χ1v) is 11.6. The molecule has 0 radical (unpaired) electrons. The third-order valence-electron chi connectivity index (χ3n) is 5.39. The van der Waals surface area contributed by atoms with Gasteiger partial charge in [0.15, 0.2) is 24.1 Å². The van der Waals surface area contributed by atoms with Crippen LogP contribution in [0.3, 0.4) is 0 Å². The van der Waals surface area contributed by atoms with Gasteiger partial charge >= 0.3 is 17.9 Å². The van der Waals surface area contributed by atoms with Gasteiger partial charge in [-0.1, -0.05) is 0 Å². The van der Waals surface area contributed by atoms with Gasteiger partial charge in [-0.2, -0.15) is 0 Å². The second-order valence-corrected chi connectivity index (χ2v) is 10.4. The van der Waals surface area contributed by atoms with E-state index < -0.39 is 53.2 Å². The zero-order valence-electron chi connectivity index (χ0n) is 21.5. The van der Waals surface area contributed by atoms with Crippen LogP contribution in [0, 0.1) is 5.41 Å². The molecule has 0 saturated carbocycles. The molecule has 0 N–H and O–H groups in total. The molecule has 2 fully saturated rings. The van der Waals surface area contributed by atoms with Crippen molar-refractivity contribution in [2.75, 3.05) is 13.2 Å². The fraction of sp³-hybridized carbons (Fsp3) is 0.792. The van der Waals surface area contributed by atoms with Crippen LogP contribution in [0.5, 0.6) is 0 Å². The maximum atomic E-state index is 12.9. The summed E-state index contributed by atoms with van der Waals surface area (Å²) in [7, 11) is 0. The highest BCUT2D eigenvalue weighted by Gasteiger charge is 2.63. The number of Topliss-reactive ketones (excluding diaryl/α,β-unsaturated/α-hetero) is 2. The Balaban J connectivity index is 2.39. The van der Waals surface area contributed by atoms with Crippen LogP contribution in [-0.2, 0) is 52.4 Å². The van der Waals surface area contributed by atoms with Crippen molar-refractivity contribution in [2.24, 2.45) is 5.41 Å². The topological polar surface area (TPSA) is 141 Å². The number of hydrogen-bond donors (Lipinski definition) is 0. The molecule has 0 aromatic heterocycles. The Labute approximate surface area is 205 Å². The third kappa shape index (κ3) is 8.08. The highest BCUT2D eigenvalue weighted by atomic mass is 16.8. The molecule has 1 spiro atoms. The van der Waals surface area contributed by atoms with Gasteiger partial charge in [0.1, 0.15) is 18.2 Å². The van der Waals surface area contributed by atoms with Crippen LogP contribution >= 0.6 is 0 Å². The minimum Gasteiger partial charge on any atom is -0.456 e. The molecule has 11 heteroatoms. The Morgan fingerprint density at radius 1 is 0.829 bits per heavy atom. The first-order chi connectivity index (χ1) is 16.0. The average molecular weight is 501 g/mol. The molecular formula is C24H36O11. The van der Waals surface area contributed by atoms with Crippen LogP contribution in [0.4, 0.5) is 0 Å². The van der Waals surface area contributed by atoms with Crippen LogP contribution in [0.25, 0.3) is 0 Å². The zero-order chi connectivity index (χ0) is 26.6. The number of hydrogen-bond acceptors (Lipinski definition) is 11. The summed E-state index contributed by atoms with van der Waals surface area (Å²) in [5.41, 5.74) is -0.926. The number of rotatable bonds is 9. The Morgan fingerprint density at radius 3 is 1.83 bits per heavy atom. The Hall–Kier alpha value is -2.37. The standard InChI is InChI=1S/C24H36O11/c1-14(25)8-10-17(27)32-16-12-30-24(13-31-23(6,7)35-24)20(33-18(28)11-9-15(2)26)19(16)34-21(29)22(3,4)5/h16,19-20H,8-13H2,1-7H3/t16-,19-,20+,24+/m1/s1. The minimum atomic E-state index is -1.64. The van der Waals surface area contributed by atoms with E-state index in [1.807, 2.05) is 0 Å². The predicted molar refractivity (Wildman–Crippen MR) is 119 cm³/mol. The molecule has 11 nitrogen and oxygen atoms in total. The first kappa shape index (κ1) is 28.9. The summed E-state index contributed by atoms with van der Waals surface area (Å²) in [5.74, 6) is -5.21. The van der Waals surface area contributed by atoms with E-state index in [9.17, 15) is 24.0 Å². The maximum absolute atomic E-state index is 12.9. The molecule has 0 aliphatic carbocycles. The third-order valence-corrected chi connectivity index (χ3v) is 5.39. The van der Waals surface area contributed by atoms with E-state index in [4.69, 9.17) is 28.4 Å². The van der Waals surface area contributed by atoms with Crippen LogP contribution in [0.15, 0.2) is 0 Å². The van der Waals surface area contributed by atoms with Gasteiger partial charge in [0.2, 0.25) is 5.79 Å². The molecule has 35 heavy (non-hydrogen) atoms. The van der Waals surface area contributed by atoms with Crippen molar-refractivity contribution >= 4 is 29.5 Å². The zero-order valence-corrected chi connectivity index (χ0v) is 21.5. The quantitative estimate of drug-likeness (QED) is 0.339. The van der Waals surface area contributed by atoms with Gasteiger partial charge in [-0.05, 0) is 48.5 Å². The van der Waals surface area contributed by atoms with Crippen molar-refractivity contribution in [1.82, 2.24) is 0 Å². The lowest BCUT2D eigenvalue weighted by molar-refractivity contribution is -0.341. The lowest BCUT2D eigenvalue weighted by atomic mass is 9.94. The summed E-state index contributed by atoms with van der Waals surface area (Å²) >= 11 is 0. The molecule has 2 heterocycles. The summed E-state index contributed by atoms with van der Waals surface area (Å²) < 4.78 is 34.5. The number of carbonyl (C=O) groups is 5. The van der Waals surface area contributed by atoms with Gasteiger partial charge in [-0.25, -0.2) is 0 Å². The van der Waals surface area contributed by atoms with Crippen LogP contribution < -0.4 is 0 Å². The molecule has 2 rings (SSSR count). The van der Waals surface area contributed by atoms with Crippen LogP contribution in [0.1, 0.15) is 74.1 Å². The van der Waals surface area contributed by atoms with E-state index in [0.29, 0.717) is 0 Å². The fourth-order valence-electron chi connectivity index (χ4n) is 3.49. The molecule has 0 amide bonds. The van der Waals surface area contributed by atoms with Gasteiger partial charge in [0, 0.05) is 12.8 Å². The summed E-state index contributed by atoms with van der Waals surface area (Å²) in [6.07, 6.45) is -4.26. The van der Waals surface area contributed by atoms with Crippen molar-refractivity contribution in [3.8, 4) is 0 Å². The van der Waals surface area contributed by atoms with Crippen LogP contribution in [0.2, 0.25) is 0 Å². The number of ketones is 2. The van der Waals surface area contributed by atoms with Gasteiger partial charge in [-0.3, -0.25) is 14.4 Å². The minimum absolute atomic E-state index is 0.0165. The molecule has 0 aromatic carbocycles. The molecular weight excluding hydrogens is 464 g/mol. The number of carbonyl (C=O) groups excluding carboxylic acids is 5. The summed E-state index contributed by atoms with van der Waals surface area (Å²) in [4.78, 5) is 60.5. The monoisotopic (exact) mass is 500 g/mol. The molecule has 4 atom stereocenters.